The van der Waals surface area contributed by atoms with Crippen LogP contribution in [0.5, 0.6) is 0 Å². The molecule has 1 unspecified atom stereocenters. The predicted molar refractivity (Wildman–Crippen MR) is 73.3 cm³/mol. The first-order chi connectivity index (χ1) is 8.24. The first-order valence-electron chi connectivity index (χ1n) is 5.91. The van der Waals surface area contributed by atoms with Crippen LogP contribution in [-0.4, -0.2) is 11.0 Å². The van der Waals surface area contributed by atoms with Crippen LogP contribution in [0.15, 0.2) is 35.8 Å². The normalized spacial score (nSPS) is 12.6. The third-order valence-electron chi connectivity index (χ3n) is 2.69. The minimum Gasteiger partial charge on any atom is -0.308 e. The maximum Gasteiger partial charge on any atom is 0.0541 e. The van der Waals surface area contributed by atoms with Crippen LogP contribution >= 0.6 is 11.3 Å². The van der Waals surface area contributed by atoms with Crippen molar-refractivity contribution in [3.63, 3.8) is 0 Å². The number of hydrogen-bond donors (Lipinski definition) is 1. The standard InChI is InChI=1S/C14H18N2S/c1-11-5-6-13(16-9-11)10-15-12(2)8-14-4-3-7-17-14/h3-7,9,12,15H,8,10H2,1-2H3. The fourth-order valence-electron chi connectivity index (χ4n) is 1.68. The van der Waals surface area contributed by atoms with E-state index in [-0.39, 0.29) is 0 Å². The summed E-state index contributed by atoms with van der Waals surface area (Å²) < 4.78 is 0. The molecular formula is C14H18N2S. The fourth-order valence-corrected chi connectivity index (χ4v) is 2.52. The van der Waals surface area contributed by atoms with Gasteiger partial charge in [0.15, 0.2) is 0 Å². The lowest BCUT2D eigenvalue weighted by atomic mass is 10.2. The van der Waals surface area contributed by atoms with Crippen molar-refractivity contribution < 1.29 is 0 Å². The molecule has 2 nitrogen and oxygen atoms in total. The van der Waals surface area contributed by atoms with E-state index in [0.29, 0.717) is 6.04 Å². The third-order valence-corrected chi connectivity index (χ3v) is 3.59. The van der Waals surface area contributed by atoms with Gasteiger partial charge in [0.25, 0.3) is 0 Å². The molecule has 17 heavy (non-hydrogen) atoms. The Balaban J connectivity index is 1.79. The number of pyridine rings is 1. The minimum absolute atomic E-state index is 0.483. The molecule has 0 spiro atoms. The van der Waals surface area contributed by atoms with Crippen molar-refractivity contribution in [3.8, 4) is 0 Å². The molecule has 0 bridgehead atoms. The summed E-state index contributed by atoms with van der Waals surface area (Å²) in [6.07, 6.45) is 3.00. The molecule has 0 aliphatic rings. The van der Waals surface area contributed by atoms with Gasteiger partial charge in [-0.1, -0.05) is 12.1 Å². The van der Waals surface area contributed by atoms with Gasteiger partial charge in [-0.3, -0.25) is 4.98 Å². The molecule has 1 N–H and O–H groups in total. The Morgan fingerprint density at radius 2 is 2.24 bits per heavy atom. The highest BCUT2D eigenvalue weighted by atomic mass is 32.1. The molecule has 0 saturated heterocycles. The molecular weight excluding hydrogens is 228 g/mol. The summed E-state index contributed by atoms with van der Waals surface area (Å²) in [7, 11) is 0. The number of thiophene rings is 1. The summed E-state index contributed by atoms with van der Waals surface area (Å²) in [4.78, 5) is 5.82. The first kappa shape index (κ1) is 12.3. The number of nitrogens with zero attached hydrogens (tertiary/aromatic N) is 1. The average molecular weight is 246 g/mol. The molecule has 0 radical (unpaired) electrons. The van der Waals surface area contributed by atoms with E-state index >= 15 is 0 Å². The number of nitrogens with one attached hydrogen (secondary N) is 1. The van der Waals surface area contributed by atoms with E-state index in [1.807, 2.05) is 17.5 Å². The Kier molecular flexibility index (Phi) is 4.29. The van der Waals surface area contributed by atoms with E-state index < -0.39 is 0 Å². The Labute approximate surface area is 107 Å². The van der Waals surface area contributed by atoms with Gasteiger partial charge in [-0.2, -0.15) is 0 Å². The summed E-state index contributed by atoms with van der Waals surface area (Å²) in [5.41, 5.74) is 2.31. The fraction of sp³-hybridized carbons (Fsp3) is 0.357. The second-order valence-electron chi connectivity index (χ2n) is 4.39. The number of rotatable bonds is 5. The molecule has 2 rings (SSSR count). The Hall–Kier alpha value is -1.19. The van der Waals surface area contributed by atoms with Crippen molar-refractivity contribution >= 4 is 11.3 Å². The molecule has 2 aromatic heterocycles. The number of aryl methyl sites for hydroxylation is 1. The molecule has 2 aromatic rings. The Morgan fingerprint density at radius 3 is 2.88 bits per heavy atom. The monoisotopic (exact) mass is 246 g/mol. The molecule has 0 fully saturated rings. The van der Waals surface area contributed by atoms with Crippen LogP contribution in [0.3, 0.4) is 0 Å². The summed E-state index contributed by atoms with van der Waals surface area (Å²) >= 11 is 1.82. The smallest absolute Gasteiger partial charge is 0.0541 e. The van der Waals surface area contributed by atoms with Crippen LogP contribution in [0.1, 0.15) is 23.1 Å². The van der Waals surface area contributed by atoms with E-state index in [9.17, 15) is 0 Å². The van der Waals surface area contributed by atoms with Crippen molar-refractivity contribution in [3.05, 3.63) is 52.0 Å². The zero-order valence-corrected chi connectivity index (χ0v) is 11.1. The zero-order valence-electron chi connectivity index (χ0n) is 10.3. The molecule has 0 aromatic carbocycles. The average Bonchev–Trinajstić information content (AvgIpc) is 2.81. The molecule has 3 heteroatoms. The van der Waals surface area contributed by atoms with Crippen LogP contribution in [0, 0.1) is 6.92 Å². The highest BCUT2D eigenvalue weighted by molar-refractivity contribution is 7.09. The number of hydrogen-bond acceptors (Lipinski definition) is 3. The summed E-state index contributed by atoms with van der Waals surface area (Å²) in [6, 6.07) is 8.96. The summed E-state index contributed by atoms with van der Waals surface area (Å²) in [5, 5.41) is 5.63. The van der Waals surface area contributed by atoms with Gasteiger partial charge in [-0.25, -0.2) is 0 Å². The van der Waals surface area contributed by atoms with E-state index in [2.05, 4.69) is 53.8 Å². The largest absolute Gasteiger partial charge is 0.308 e. The first-order valence-corrected chi connectivity index (χ1v) is 6.79. The summed E-state index contributed by atoms with van der Waals surface area (Å²) in [5.74, 6) is 0. The van der Waals surface area contributed by atoms with Crippen molar-refractivity contribution in [2.75, 3.05) is 0 Å². The van der Waals surface area contributed by atoms with Crippen LogP contribution in [0.2, 0.25) is 0 Å². The Bertz CT molecular complexity index is 434. The van der Waals surface area contributed by atoms with Gasteiger partial charge >= 0.3 is 0 Å². The van der Waals surface area contributed by atoms with Gasteiger partial charge in [0.2, 0.25) is 0 Å². The van der Waals surface area contributed by atoms with Gasteiger partial charge < -0.3 is 5.32 Å². The lowest BCUT2D eigenvalue weighted by molar-refractivity contribution is 0.543. The molecule has 2 heterocycles. The lowest BCUT2D eigenvalue weighted by Crippen LogP contribution is -2.27. The highest BCUT2D eigenvalue weighted by Crippen LogP contribution is 2.11. The second kappa shape index (κ2) is 5.94. The van der Waals surface area contributed by atoms with E-state index in [1.165, 1.54) is 10.4 Å². The quantitative estimate of drug-likeness (QED) is 0.876. The molecule has 90 valence electrons. The highest BCUT2D eigenvalue weighted by Gasteiger charge is 2.04. The van der Waals surface area contributed by atoms with Crippen LogP contribution < -0.4 is 5.32 Å². The van der Waals surface area contributed by atoms with Gasteiger partial charge in [-0.05, 0) is 43.3 Å². The van der Waals surface area contributed by atoms with Gasteiger partial charge in [-0.15, -0.1) is 11.3 Å². The van der Waals surface area contributed by atoms with Gasteiger partial charge in [0.1, 0.15) is 0 Å². The molecule has 1 atom stereocenters. The van der Waals surface area contributed by atoms with Crippen molar-refractivity contribution in [1.82, 2.24) is 10.3 Å². The maximum atomic E-state index is 4.39. The lowest BCUT2D eigenvalue weighted by Gasteiger charge is -2.12. The third kappa shape index (κ3) is 3.95. The van der Waals surface area contributed by atoms with Crippen LogP contribution in [-0.2, 0) is 13.0 Å². The SMILES string of the molecule is Cc1ccc(CNC(C)Cc2cccs2)nc1. The topological polar surface area (TPSA) is 24.9 Å². The minimum atomic E-state index is 0.483. The molecule has 0 amide bonds. The van der Waals surface area contributed by atoms with Gasteiger partial charge in [0.05, 0.1) is 5.69 Å². The van der Waals surface area contributed by atoms with Crippen molar-refractivity contribution in [1.29, 1.82) is 0 Å². The Morgan fingerprint density at radius 1 is 1.35 bits per heavy atom. The van der Waals surface area contributed by atoms with Crippen LogP contribution in [0.4, 0.5) is 0 Å². The molecule has 0 aliphatic carbocycles. The molecule has 0 aliphatic heterocycles. The maximum absolute atomic E-state index is 4.39. The van der Waals surface area contributed by atoms with E-state index in [4.69, 9.17) is 0 Å². The number of aromatic nitrogens is 1. The molecule has 0 saturated carbocycles. The van der Waals surface area contributed by atoms with E-state index in [1.54, 1.807) is 0 Å². The van der Waals surface area contributed by atoms with Gasteiger partial charge in [0, 0.05) is 23.7 Å². The predicted octanol–water partition coefficient (Wildman–Crippen LogP) is 3.17. The zero-order chi connectivity index (χ0) is 12.1. The van der Waals surface area contributed by atoms with E-state index in [0.717, 1.165) is 18.7 Å². The summed E-state index contributed by atoms with van der Waals surface area (Å²) in [6.45, 7) is 5.12. The van der Waals surface area contributed by atoms with Crippen molar-refractivity contribution in [2.45, 2.75) is 32.9 Å². The second-order valence-corrected chi connectivity index (χ2v) is 5.42. The van der Waals surface area contributed by atoms with Crippen LogP contribution in [0.25, 0.3) is 0 Å². The van der Waals surface area contributed by atoms with Crippen molar-refractivity contribution in [2.24, 2.45) is 0 Å².